The highest BCUT2D eigenvalue weighted by molar-refractivity contribution is 5.92. The highest BCUT2D eigenvalue weighted by Gasteiger charge is 2.24. The third-order valence-electron chi connectivity index (χ3n) is 3.14. The van der Waals surface area contributed by atoms with Gasteiger partial charge in [0.1, 0.15) is 17.8 Å². The van der Waals surface area contributed by atoms with Crippen molar-refractivity contribution in [3.63, 3.8) is 0 Å². The molecule has 8 heteroatoms. The van der Waals surface area contributed by atoms with Gasteiger partial charge in [0.25, 0.3) is 5.91 Å². The molecule has 0 unspecified atom stereocenters. The molecule has 0 saturated heterocycles. The number of aromatic nitrogens is 5. The van der Waals surface area contributed by atoms with Crippen LogP contribution in [-0.4, -0.2) is 48.6 Å². The van der Waals surface area contributed by atoms with Crippen molar-refractivity contribution in [2.24, 2.45) is 0 Å². The van der Waals surface area contributed by atoms with E-state index in [-0.39, 0.29) is 5.91 Å². The first-order valence-corrected chi connectivity index (χ1v) is 6.50. The summed E-state index contributed by atoms with van der Waals surface area (Å²) in [4.78, 5) is 22.5. The summed E-state index contributed by atoms with van der Waals surface area (Å²) in [6.07, 6.45) is 4.78. The minimum Gasteiger partial charge on any atom is -0.369 e. The van der Waals surface area contributed by atoms with Crippen LogP contribution in [0.15, 0.2) is 18.7 Å². The summed E-state index contributed by atoms with van der Waals surface area (Å²) in [6, 6.07) is 0. The molecule has 0 bridgehead atoms. The topological polar surface area (TPSA) is 88.8 Å². The molecule has 2 aromatic heterocycles. The van der Waals surface area contributed by atoms with Crippen LogP contribution in [0.4, 0.5) is 5.82 Å². The Balaban J connectivity index is 1.78. The Hall–Kier alpha value is -2.51. The van der Waals surface area contributed by atoms with Gasteiger partial charge in [-0.15, -0.1) is 10.2 Å². The molecule has 3 rings (SSSR count). The summed E-state index contributed by atoms with van der Waals surface area (Å²) in [6.45, 7) is 4.48. The van der Waals surface area contributed by atoms with Crippen LogP contribution in [0.2, 0.25) is 0 Å². The van der Waals surface area contributed by atoms with Crippen LogP contribution in [0.5, 0.6) is 0 Å². The number of nitrogens with one attached hydrogen (secondary N) is 1. The molecule has 2 aromatic rings. The van der Waals surface area contributed by atoms with Gasteiger partial charge < -0.3 is 14.8 Å². The predicted octanol–water partition coefficient (Wildman–Crippen LogP) is 0.156. The van der Waals surface area contributed by atoms with Crippen LogP contribution in [0.25, 0.3) is 0 Å². The monoisotopic (exact) mass is 273 g/mol. The molecule has 0 radical (unpaired) electrons. The van der Waals surface area contributed by atoms with Crippen LogP contribution >= 0.6 is 0 Å². The maximum absolute atomic E-state index is 12.4. The summed E-state index contributed by atoms with van der Waals surface area (Å²) in [5.74, 6) is 1.27. The lowest BCUT2D eigenvalue weighted by Crippen LogP contribution is -2.38. The maximum atomic E-state index is 12.4. The molecule has 0 aromatic carbocycles. The fourth-order valence-electron chi connectivity index (χ4n) is 2.14. The fourth-order valence-corrected chi connectivity index (χ4v) is 2.14. The molecule has 8 nitrogen and oxygen atoms in total. The molecule has 0 atom stereocenters. The van der Waals surface area contributed by atoms with Gasteiger partial charge in [-0.25, -0.2) is 4.98 Å². The summed E-state index contributed by atoms with van der Waals surface area (Å²) in [5.41, 5.74) is 0.344. The predicted molar refractivity (Wildman–Crippen MR) is 71.0 cm³/mol. The normalized spacial score (nSPS) is 13.9. The van der Waals surface area contributed by atoms with Gasteiger partial charge in [0, 0.05) is 19.6 Å². The van der Waals surface area contributed by atoms with Gasteiger partial charge >= 0.3 is 0 Å². The number of rotatable bonds is 3. The molecule has 0 fully saturated rings. The highest BCUT2D eigenvalue weighted by Crippen LogP contribution is 2.12. The molecule has 0 saturated carbocycles. The van der Waals surface area contributed by atoms with E-state index in [1.165, 1.54) is 6.20 Å². The second-order valence-corrected chi connectivity index (χ2v) is 4.49. The van der Waals surface area contributed by atoms with Gasteiger partial charge in [0.2, 0.25) is 0 Å². The minimum atomic E-state index is -0.133. The summed E-state index contributed by atoms with van der Waals surface area (Å²) < 4.78 is 1.95. The second kappa shape index (κ2) is 5.24. The van der Waals surface area contributed by atoms with Crippen molar-refractivity contribution in [1.29, 1.82) is 0 Å². The Morgan fingerprint density at radius 2 is 2.30 bits per heavy atom. The van der Waals surface area contributed by atoms with E-state index in [1.54, 1.807) is 17.4 Å². The zero-order valence-corrected chi connectivity index (χ0v) is 11.2. The van der Waals surface area contributed by atoms with E-state index in [0.717, 1.165) is 12.4 Å². The smallest absolute Gasteiger partial charge is 0.274 e. The summed E-state index contributed by atoms with van der Waals surface area (Å²) in [5, 5.41) is 10.9. The van der Waals surface area contributed by atoms with Crippen LogP contribution in [0.3, 0.4) is 0 Å². The zero-order valence-electron chi connectivity index (χ0n) is 11.2. The molecule has 1 aliphatic heterocycles. The first kappa shape index (κ1) is 12.5. The number of hydrogen-bond donors (Lipinski definition) is 1. The standard InChI is InChI=1S/C12H15N7O/c1-2-14-10-6-13-5-9(16-10)12(20)18-3-4-19-8-15-17-11(19)7-18/h5-6,8H,2-4,7H2,1H3,(H,14,16). The molecule has 1 amide bonds. The van der Waals surface area contributed by atoms with Crippen LogP contribution in [0.1, 0.15) is 23.2 Å². The van der Waals surface area contributed by atoms with Crippen molar-refractivity contribution in [1.82, 2.24) is 29.6 Å². The molecule has 1 aliphatic rings. The summed E-state index contributed by atoms with van der Waals surface area (Å²) >= 11 is 0. The van der Waals surface area contributed by atoms with Gasteiger partial charge in [-0.3, -0.25) is 9.78 Å². The average molecular weight is 273 g/mol. The number of fused-ring (bicyclic) bond motifs is 1. The number of amides is 1. The van der Waals surface area contributed by atoms with Crippen LogP contribution in [0, 0.1) is 0 Å². The number of hydrogen-bond acceptors (Lipinski definition) is 6. The Labute approximate surface area is 115 Å². The van der Waals surface area contributed by atoms with E-state index in [9.17, 15) is 4.79 Å². The van der Waals surface area contributed by atoms with E-state index in [0.29, 0.717) is 31.1 Å². The summed E-state index contributed by atoms with van der Waals surface area (Å²) in [7, 11) is 0. The van der Waals surface area contributed by atoms with E-state index in [1.807, 2.05) is 11.5 Å². The van der Waals surface area contributed by atoms with Crippen molar-refractivity contribution >= 4 is 11.7 Å². The zero-order chi connectivity index (χ0) is 13.9. The Kier molecular flexibility index (Phi) is 3.28. The van der Waals surface area contributed by atoms with Crippen molar-refractivity contribution in [3.05, 3.63) is 30.2 Å². The average Bonchev–Trinajstić information content (AvgIpc) is 2.94. The van der Waals surface area contributed by atoms with Gasteiger partial charge in [-0.2, -0.15) is 0 Å². The number of anilines is 1. The highest BCUT2D eigenvalue weighted by atomic mass is 16.2. The molecular weight excluding hydrogens is 258 g/mol. The molecular formula is C12H15N7O. The minimum absolute atomic E-state index is 0.133. The SMILES string of the molecule is CCNc1cncc(C(=O)N2CCn3cnnc3C2)n1. The van der Waals surface area contributed by atoms with Crippen molar-refractivity contribution in [2.75, 3.05) is 18.4 Å². The van der Waals surface area contributed by atoms with Crippen LogP contribution < -0.4 is 5.32 Å². The molecule has 0 aliphatic carbocycles. The van der Waals surface area contributed by atoms with Crippen molar-refractivity contribution in [3.8, 4) is 0 Å². The van der Waals surface area contributed by atoms with Crippen LogP contribution in [-0.2, 0) is 13.1 Å². The third kappa shape index (κ3) is 2.31. The molecule has 104 valence electrons. The van der Waals surface area contributed by atoms with Gasteiger partial charge in [-0.05, 0) is 6.92 Å². The van der Waals surface area contributed by atoms with E-state index >= 15 is 0 Å². The lowest BCUT2D eigenvalue weighted by atomic mass is 10.3. The van der Waals surface area contributed by atoms with Gasteiger partial charge in [0.05, 0.1) is 18.9 Å². The first-order valence-electron chi connectivity index (χ1n) is 6.50. The number of carbonyl (C=O) groups is 1. The lowest BCUT2D eigenvalue weighted by molar-refractivity contribution is 0.0701. The lowest BCUT2D eigenvalue weighted by Gasteiger charge is -2.26. The quantitative estimate of drug-likeness (QED) is 0.856. The van der Waals surface area contributed by atoms with Crippen molar-refractivity contribution < 1.29 is 4.79 Å². The van der Waals surface area contributed by atoms with Gasteiger partial charge in [0.15, 0.2) is 5.82 Å². The Morgan fingerprint density at radius 3 is 3.15 bits per heavy atom. The molecule has 1 N–H and O–H groups in total. The van der Waals surface area contributed by atoms with E-state index in [2.05, 4.69) is 25.5 Å². The molecule has 0 spiro atoms. The Bertz CT molecular complexity index is 624. The molecule has 20 heavy (non-hydrogen) atoms. The molecule has 3 heterocycles. The number of nitrogens with zero attached hydrogens (tertiary/aromatic N) is 6. The maximum Gasteiger partial charge on any atom is 0.274 e. The first-order chi connectivity index (χ1) is 9.78. The fraction of sp³-hybridized carbons (Fsp3) is 0.417. The number of carbonyl (C=O) groups excluding carboxylic acids is 1. The third-order valence-corrected chi connectivity index (χ3v) is 3.14. The largest absolute Gasteiger partial charge is 0.369 e. The second-order valence-electron chi connectivity index (χ2n) is 4.49. The van der Waals surface area contributed by atoms with E-state index in [4.69, 9.17) is 0 Å². The van der Waals surface area contributed by atoms with Gasteiger partial charge in [-0.1, -0.05) is 0 Å². The Morgan fingerprint density at radius 1 is 1.40 bits per heavy atom. The van der Waals surface area contributed by atoms with E-state index < -0.39 is 0 Å². The van der Waals surface area contributed by atoms with Crippen molar-refractivity contribution in [2.45, 2.75) is 20.0 Å².